The first kappa shape index (κ1) is 33.1. The topological polar surface area (TPSA) is 145 Å². The van der Waals surface area contributed by atoms with Crippen molar-refractivity contribution in [1.82, 2.24) is 4.98 Å². The lowest BCUT2D eigenvalue weighted by Crippen LogP contribution is -2.35. The molecule has 258 valence electrons. The molecule has 7 rings (SSSR count). The number of hydrogen-bond acceptors (Lipinski definition) is 8. The fourth-order valence-corrected chi connectivity index (χ4v) is 5.54. The Labute approximate surface area is 289 Å². The first-order chi connectivity index (χ1) is 24.6. The molecule has 1 heterocycles. The number of nitrogens with one attached hydrogen (secondary N) is 3. The van der Waals surface area contributed by atoms with Crippen molar-refractivity contribution in [3.63, 3.8) is 0 Å². The molecule has 0 unspecified atom stereocenters. The average molecular weight is 693 g/mol. The van der Waals surface area contributed by atoms with Crippen LogP contribution in [0.15, 0.2) is 97.2 Å². The fourth-order valence-electron chi connectivity index (χ4n) is 5.54. The predicted octanol–water partition coefficient (Wildman–Crippen LogP) is 7.00. The lowest BCUT2D eigenvalue weighted by Gasteiger charge is -2.17. The molecule has 0 bridgehead atoms. The molecule has 0 aliphatic heterocycles. The van der Waals surface area contributed by atoms with Gasteiger partial charge in [0, 0.05) is 34.7 Å². The summed E-state index contributed by atoms with van der Waals surface area (Å²) in [5.41, 5.74) is -0.947. The van der Waals surface area contributed by atoms with E-state index in [1.54, 1.807) is 36.4 Å². The highest BCUT2D eigenvalue weighted by Crippen LogP contribution is 2.49. The lowest BCUT2D eigenvalue weighted by atomic mass is 10.0. The van der Waals surface area contributed by atoms with Crippen molar-refractivity contribution >= 4 is 51.7 Å². The Kier molecular flexibility index (Phi) is 8.55. The second-order valence-electron chi connectivity index (χ2n) is 12.4. The van der Waals surface area contributed by atoms with Crippen LogP contribution in [0.5, 0.6) is 23.0 Å². The van der Waals surface area contributed by atoms with E-state index in [9.17, 15) is 28.0 Å². The number of benzene rings is 4. The largest absolute Gasteiger partial charge is 0.493 e. The van der Waals surface area contributed by atoms with Crippen LogP contribution in [-0.4, -0.2) is 35.8 Å². The van der Waals surface area contributed by atoms with Crippen LogP contribution in [0, 0.1) is 22.5 Å². The summed E-state index contributed by atoms with van der Waals surface area (Å²) in [4.78, 5) is 56.6. The number of nitrogens with zero attached hydrogens (tertiary/aromatic N) is 1. The van der Waals surface area contributed by atoms with Gasteiger partial charge in [-0.1, -0.05) is 0 Å². The highest BCUT2D eigenvalue weighted by Gasteiger charge is 2.58. The van der Waals surface area contributed by atoms with E-state index in [2.05, 4.69) is 20.9 Å². The Balaban J connectivity index is 1.01. The summed E-state index contributed by atoms with van der Waals surface area (Å²) in [5, 5.41) is 8.67. The predicted molar refractivity (Wildman–Crippen MR) is 182 cm³/mol. The number of ether oxygens (including phenoxy) is 3. The Morgan fingerprint density at radius 1 is 0.627 bits per heavy atom. The molecule has 2 aliphatic carbocycles. The van der Waals surface area contributed by atoms with Gasteiger partial charge in [-0.2, -0.15) is 0 Å². The Morgan fingerprint density at radius 3 is 1.61 bits per heavy atom. The van der Waals surface area contributed by atoms with Gasteiger partial charge in [-0.25, -0.2) is 8.78 Å². The van der Waals surface area contributed by atoms with Crippen LogP contribution < -0.4 is 30.2 Å². The number of pyridine rings is 1. The van der Waals surface area contributed by atoms with E-state index < -0.39 is 46.2 Å². The van der Waals surface area contributed by atoms with E-state index in [4.69, 9.17) is 14.2 Å². The summed E-state index contributed by atoms with van der Waals surface area (Å²) >= 11 is 0. The van der Waals surface area contributed by atoms with Crippen molar-refractivity contribution in [1.29, 1.82) is 0 Å². The van der Waals surface area contributed by atoms with Crippen molar-refractivity contribution in [3.05, 3.63) is 109 Å². The van der Waals surface area contributed by atoms with E-state index in [0.29, 0.717) is 65.1 Å². The molecule has 1 aromatic heterocycles. The number of halogens is 2. The molecule has 2 fully saturated rings. The zero-order chi connectivity index (χ0) is 35.8. The summed E-state index contributed by atoms with van der Waals surface area (Å²) in [6.45, 7) is 0. The minimum Gasteiger partial charge on any atom is -0.493 e. The van der Waals surface area contributed by atoms with Gasteiger partial charge in [-0.3, -0.25) is 24.2 Å². The van der Waals surface area contributed by atoms with Gasteiger partial charge in [-0.15, -0.1) is 0 Å². The van der Waals surface area contributed by atoms with Crippen molar-refractivity contribution in [2.75, 3.05) is 23.1 Å². The van der Waals surface area contributed by atoms with E-state index >= 15 is 0 Å². The summed E-state index contributed by atoms with van der Waals surface area (Å²) in [6.07, 6.45) is 2.89. The first-order valence-electron chi connectivity index (χ1n) is 16.0. The molecular formula is C38H30F2N4O7. The number of aromatic nitrogens is 1. The van der Waals surface area contributed by atoms with Crippen LogP contribution in [0.4, 0.5) is 25.8 Å². The van der Waals surface area contributed by atoms with Gasteiger partial charge in [0.2, 0.25) is 17.7 Å². The molecule has 11 nitrogen and oxygen atoms in total. The van der Waals surface area contributed by atoms with Crippen LogP contribution in [0.2, 0.25) is 0 Å². The molecule has 2 aliphatic rings. The van der Waals surface area contributed by atoms with Gasteiger partial charge >= 0.3 is 5.97 Å². The third kappa shape index (κ3) is 6.78. The van der Waals surface area contributed by atoms with Gasteiger partial charge in [0.25, 0.3) is 0 Å². The SMILES string of the molecule is COc1cc2c(Oc3ccc(NC(=O)C4(C(=O)Nc5ccc(F)cc5)CC4)cc3)ccnc2cc1OC(=O)C1(C(=O)Nc2ccc(F)cc2)CC1. The highest BCUT2D eigenvalue weighted by molar-refractivity contribution is 6.17. The minimum atomic E-state index is -1.38. The summed E-state index contributed by atoms with van der Waals surface area (Å²) < 4.78 is 43.9. The number of fused-ring (bicyclic) bond motifs is 1. The lowest BCUT2D eigenvalue weighted by molar-refractivity contribution is -0.145. The van der Waals surface area contributed by atoms with E-state index in [1.165, 1.54) is 67.9 Å². The maximum atomic E-state index is 13.3. The van der Waals surface area contributed by atoms with Gasteiger partial charge in [0.15, 0.2) is 11.5 Å². The summed E-state index contributed by atoms with van der Waals surface area (Å²) in [7, 11) is 1.41. The molecule has 0 spiro atoms. The van der Waals surface area contributed by atoms with Crippen LogP contribution in [0.3, 0.4) is 0 Å². The highest BCUT2D eigenvalue weighted by atomic mass is 19.1. The number of carbonyl (C=O) groups is 4. The van der Waals surface area contributed by atoms with E-state index in [-0.39, 0.29) is 11.5 Å². The third-order valence-electron chi connectivity index (χ3n) is 8.93. The summed E-state index contributed by atoms with van der Waals surface area (Å²) in [6, 6.07) is 21.9. The molecule has 5 aromatic rings. The zero-order valence-electron chi connectivity index (χ0n) is 27.1. The molecule has 3 amide bonds. The monoisotopic (exact) mass is 692 g/mol. The van der Waals surface area contributed by atoms with Gasteiger partial charge in [0.05, 0.1) is 12.6 Å². The van der Waals surface area contributed by atoms with Gasteiger partial charge in [-0.05, 0) is 111 Å². The van der Waals surface area contributed by atoms with Crippen molar-refractivity contribution in [2.24, 2.45) is 10.8 Å². The van der Waals surface area contributed by atoms with Crippen molar-refractivity contribution in [3.8, 4) is 23.0 Å². The maximum absolute atomic E-state index is 13.3. The van der Waals surface area contributed by atoms with Crippen molar-refractivity contribution in [2.45, 2.75) is 25.7 Å². The molecule has 3 N–H and O–H groups in total. The number of amides is 3. The van der Waals surface area contributed by atoms with Gasteiger partial charge in [0.1, 0.15) is 34.0 Å². The Morgan fingerprint density at radius 2 is 1.12 bits per heavy atom. The molecule has 13 heteroatoms. The number of hydrogen-bond donors (Lipinski definition) is 3. The van der Waals surface area contributed by atoms with Gasteiger partial charge < -0.3 is 30.2 Å². The molecule has 2 saturated carbocycles. The first-order valence-corrected chi connectivity index (χ1v) is 16.0. The Bertz CT molecular complexity index is 2170. The number of carbonyl (C=O) groups excluding carboxylic acids is 4. The number of anilines is 3. The quantitative estimate of drug-likeness (QED) is 0.0763. The smallest absolute Gasteiger partial charge is 0.327 e. The van der Waals surface area contributed by atoms with E-state index in [0.717, 1.165) is 0 Å². The molecule has 0 saturated heterocycles. The second-order valence-corrected chi connectivity index (χ2v) is 12.4. The fraction of sp³-hybridized carbons (Fsp3) is 0.184. The van der Waals surface area contributed by atoms with Crippen LogP contribution in [0.25, 0.3) is 10.9 Å². The second kappa shape index (κ2) is 13.2. The zero-order valence-corrected chi connectivity index (χ0v) is 27.1. The number of methoxy groups -OCH3 is 1. The standard InChI is InChI=1S/C38H30F2N4O7/c1-49-31-20-28-29(21-32(31)51-36(48)38(17-18-38)35(47)44-25-8-4-23(40)5-9-25)41-19-14-30(28)50-27-12-10-26(11-13-27)43-34(46)37(15-16-37)33(45)42-24-6-2-22(39)3-7-24/h2-14,19-21H,15-18H2,1H3,(H,42,45)(H,43,46)(H,44,47). The molecule has 4 aromatic carbocycles. The molecule has 0 atom stereocenters. The maximum Gasteiger partial charge on any atom is 0.327 e. The normalized spacial score (nSPS) is 14.9. The Hall–Kier alpha value is -6.37. The van der Waals surface area contributed by atoms with Crippen molar-refractivity contribution < 1.29 is 42.2 Å². The molecule has 0 radical (unpaired) electrons. The van der Waals surface area contributed by atoms with Crippen LogP contribution in [-0.2, 0) is 19.2 Å². The van der Waals surface area contributed by atoms with Crippen LogP contribution in [0.1, 0.15) is 25.7 Å². The summed E-state index contributed by atoms with van der Waals surface area (Å²) in [5.74, 6) is -1.94. The number of rotatable bonds is 11. The minimum absolute atomic E-state index is 0.0698. The average Bonchev–Trinajstić information content (AvgIpc) is 4.06. The van der Waals surface area contributed by atoms with Crippen LogP contribution >= 0.6 is 0 Å². The molecular weight excluding hydrogens is 662 g/mol. The molecule has 51 heavy (non-hydrogen) atoms. The van der Waals surface area contributed by atoms with E-state index in [1.807, 2.05) is 0 Å². The third-order valence-corrected chi connectivity index (χ3v) is 8.93. The number of esters is 1.